The first kappa shape index (κ1) is 14.5. The van der Waals surface area contributed by atoms with Crippen molar-refractivity contribution in [3.63, 3.8) is 0 Å². The maximum Gasteiger partial charge on any atom is 0.123 e. The molecule has 2 N–H and O–H groups in total. The lowest BCUT2D eigenvalue weighted by Crippen LogP contribution is -2.16. The molecule has 0 aliphatic heterocycles. The van der Waals surface area contributed by atoms with Crippen LogP contribution >= 0.6 is 0 Å². The minimum Gasteiger partial charge on any atom is -0.496 e. The normalized spacial score (nSPS) is 12.2. The SMILES string of the molecule is COc1ccc(C)cc1C(CN)Cc1cccc(F)c1. The highest BCUT2D eigenvalue weighted by Gasteiger charge is 2.16. The topological polar surface area (TPSA) is 35.2 Å². The van der Waals surface area contributed by atoms with Gasteiger partial charge in [-0.15, -0.1) is 0 Å². The Kier molecular flexibility index (Phi) is 4.74. The molecule has 0 saturated carbocycles. The first-order valence-corrected chi connectivity index (χ1v) is 6.73. The Hall–Kier alpha value is -1.87. The van der Waals surface area contributed by atoms with Crippen molar-refractivity contribution < 1.29 is 9.13 Å². The molecule has 0 amide bonds. The summed E-state index contributed by atoms with van der Waals surface area (Å²) in [5, 5.41) is 0. The van der Waals surface area contributed by atoms with Crippen molar-refractivity contribution in [2.75, 3.05) is 13.7 Å². The Bertz CT molecular complexity index is 583. The van der Waals surface area contributed by atoms with Crippen LogP contribution in [0.2, 0.25) is 0 Å². The van der Waals surface area contributed by atoms with Crippen molar-refractivity contribution >= 4 is 0 Å². The van der Waals surface area contributed by atoms with Crippen LogP contribution in [-0.4, -0.2) is 13.7 Å². The fourth-order valence-electron chi connectivity index (χ4n) is 2.44. The van der Waals surface area contributed by atoms with Gasteiger partial charge in [0.1, 0.15) is 11.6 Å². The molecule has 0 bridgehead atoms. The fourth-order valence-corrected chi connectivity index (χ4v) is 2.44. The zero-order valence-electron chi connectivity index (χ0n) is 11.9. The molecule has 0 fully saturated rings. The van der Waals surface area contributed by atoms with E-state index in [4.69, 9.17) is 10.5 Å². The van der Waals surface area contributed by atoms with Crippen LogP contribution in [0.4, 0.5) is 4.39 Å². The summed E-state index contributed by atoms with van der Waals surface area (Å²) in [6.07, 6.45) is 0.702. The summed E-state index contributed by atoms with van der Waals surface area (Å²) in [5.41, 5.74) is 9.11. The average Bonchev–Trinajstić information content (AvgIpc) is 2.45. The van der Waals surface area contributed by atoms with Crippen molar-refractivity contribution in [2.24, 2.45) is 5.73 Å². The van der Waals surface area contributed by atoms with Crippen LogP contribution in [0, 0.1) is 12.7 Å². The van der Waals surface area contributed by atoms with Gasteiger partial charge in [0.2, 0.25) is 0 Å². The summed E-state index contributed by atoms with van der Waals surface area (Å²) in [6, 6.07) is 12.7. The first-order valence-electron chi connectivity index (χ1n) is 6.73. The number of hydrogen-bond donors (Lipinski definition) is 1. The lowest BCUT2D eigenvalue weighted by Gasteiger charge is -2.19. The predicted octanol–water partition coefficient (Wildman–Crippen LogP) is 3.43. The third-order valence-corrected chi connectivity index (χ3v) is 3.48. The van der Waals surface area contributed by atoms with Gasteiger partial charge in [-0.05, 0) is 49.2 Å². The standard InChI is InChI=1S/C17H20FNO/c1-12-6-7-17(20-2)16(8-12)14(11-19)9-13-4-3-5-15(18)10-13/h3-8,10,14H,9,11,19H2,1-2H3. The second-order valence-corrected chi connectivity index (χ2v) is 5.01. The fraction of sp³-hybridized carbons (Fsp3) is 0.294. The van der Waals surface area contributed by atoms with Crippen molar-refractivity contribution in [1.82, 2.24) is 0 Å². The highest BCUT2D eigenvalue weighted by Crippen LogP contribution is 2.29. The zero-order valence-corrected chi connectivity index (χ0v) is 11.9. The van der Waals surface area contributed by atoms with Crippen molar-refractivity contribution in [2.45, 2.75) is 19.3 Å². The van der Waals surface area contributed by atoms with E-state index in [9.17, 15) is 4.39 Å². The molecule has 3 heteroatoms. The zero-order chi connectivity index (χ0) is 14.5. The lowest BCUT2D eigenvalue weighted by molar-refractivity contribution is 0.405. The number of halogens is 1. The Morgan fingerprint density at radius 3 is 2.65 bits per heavy atom. The summed E-state index contributed by atoms with van der Waals surface area (Å²) in [5.74, 6) is 0.739. The van der Waals surface area contributed by atoms with E-state index < -0.39 is 0 Å². The highest BCUT2D eigenvalue weighted by atomic mass is 19.1. The van der Waals surface area contributed by atoms with Gasteiger partial charge in [0.05, 0.1) is 7.11 Å². The van der Waals surface area contributed by atoms with Crippen LogP contribution in [-0.2, 0) is 6.42 Å². The van der Waals surface area contributed by atoms with Gasteiger partial charge < -0.3 is 10.5 Å². The van der Waals surface area contributed by atoms with Crippen molar-refractivity contribution in [3.8, 4) is 5.75 Å². The summed E-state index contributed by atoms with van der Waals surface area (Å²) >= 11 is 0. The number of methoxy groups -OCH3 is 1. The van der Waals surface area contributed by atoms with Gasteiger partial charge in [0.15, 0.2) is 0 Å². The second-order valence-electron chi connectivity index (χ2n) is 5.01. The molecular formula is C17H20FNO. The Morgan fingerprint density at radius 1 is 1.20 bits per heavy atom. The molecule has 1 atom stereocenters. The molecule has 0 saturated heterocycles. The smallest absolute Gasteiger partial charge is 0.123 e. The maximum atomic E-state index is 13.3. The van der Waals surface area contributed by atoms with Gasteiger partial charge in [-0.2, -0.15) is 0 Å². The van der Waals surface area contributed by atoms with Gasteiger partial charge >= 0.3 is 0 Å². The first-order chi connectivity index (χ1) is 9.63. The molecule has 0 heterocycles. The molecular weight excluding hydrogens is 253 g/mol. The molecule has 0 aromatic heterocycles. The maximum absolute atomic E-state index is 13.3. The van der Waals surface area contributed by atoms with Crippen LogP contribution in [0.3, 0.4) is 0 Å². The largest absolute Gasteiger partial charge is 0.496 e. The molecule has 0 radical (unpaired) electrons. The number of aryl methyl sites for hydroxylation is 1. The summed E-state index contributed by atoms with van der Waals surface area (Å²) < 4.78 is 18.7. The lowest BCUT2D eigenvalue weighted by atomic mass is 9.90. The predicted molar refractivity (Wildman–Crippen MR) is 79.6 cm³/mol. The van der Waals surface area contributed by atoms with Crippen LogP contribution in [0.15, 0.2) is 42.5 Å². The van der Waals surface area contributed by atoms with E-state index in [0.717, 1.165) is 16.9 Å². The van der Waals surface area contributed by atoms with Gasteiger partial charge in [-0.25, -0.2) is 4.39 Å². The number of rotatable bonds is 5. The third kappa shape index (κ3) is 3.36. The summed E-state index contributed by atoms with van der Waals surface area (Å²) in [6.45, 7) is 2.54. The Balaban J connectivity index is 2.30. The van der Waals surface area contributed by atoms with E-state index in [0.29, 0.717) is 13.0 Å². The number of nitrogens with two attached hydrogens (primary N) is 1. The monoisotopic (exact) mass is 273 g/mol. The van der Waals surface area contributed by atoms with E-state index >= 15 is 0 Å². The minimum absolute atomic E-state index is 0.117. The van der Waals surface area contributed by atoms with E-state index in [1.807, 2.05) is 25.1 Å². The molecule has 20 heavy (non-hydrogen) atoms. The summed E-state index contributed by atoms with van der Waals surface area (Å²) in [4.78, 5) is 0. The van der Waals surface area contributed by atoms with E-state index in [1.165, 1.54) is 11.6 Å². The summed E-state index contributed by atoms with van der Waals surface area (Å²) in [7, 11) is 1.66. The van der Waals surface area contributed by atoms with Gasteiger partial charge in [-0.1, -0.05) is 29.8 Å². The van der Waals surface area contributed by atoms with Gasteiger partial charge in [0, 0.05) is 5.92 Å². The quantitative estimate of drug-likeness (QED) is 0.906. The second kappa shape index (κ2) is 6.53. The molecule has 0 aliphatic carbocycles. The van der Waals surface area contributed by atoms with Crippen molar-refractivity contribution in [1.29, 1.82) is 0 Å². The molecule has 1 unspecified atom stereocenters. The highest BCUT2D eigenvalue weighted by molar-refractivity contribution is 5.40. The molecule has 2 aromatic rings. The molecule has 106 valence electrons. The van der Waals surface area contributed by atoms with Gasteiger partial charge in [0.25, 0.3) is 0 Å². The molecule has 0 spiro atoms. The Morgan fingerprint density at radius 2 is 2.00 bits per heavy atom. The number of hydrogen-bond acceptors (Lipinski definition) is 2. The number of benzene rings is 2. The van der Waals surface area contributed by atoms with E-state index in [-0.39, 0.29) is 11.7 Å². The molecule has 2 rings (SSSR count). The van der Waals surface area contributed by atoms with Crippen molar-refractivity contribution in [3.05, 3.63) is 65.0 Å². The molecule has 0 aliphatic rings. The molecule has 2 aromatic carbocycles. The minimum atomic E-state index is -0.213. The molecule has 2 nitrogen and oxygen atoms in total. The Labute approximate surface area is 119 Å². The van der Waals surface area contributed by atoms with E-state index in [2.05, 4.69) is 6.07 Å². The van der Waals surface area contributed by atoms with Crippen LogP contribution in [0.1, 0.15) is 22.6 Å². The number of ether oxygens (including phenoxy) is 1. The van der Waals surface area contributed by atoms with Gasteiger partial charge in [-0.3, -0.25) is 0 Å². The van der Waals surface area contributed by atoms with Crippen LogP contribution < -0.4 is 10.5 Å². The van der Waals surface area contributed by atoms with Crippen LogP contribution in [0.5, 0.6) is 5.75 Å². The van der Waals surface area contributed by atoms with E-state index in [1.54, 1.807) is 19.2 Å². The average molecular weight is 273 g/mol. The third-order valence-electron chi connectivity index (χ3n) is 3.48. The van der Waals surface area contributed by atoms with Crippen LogP contribution in [0.25, 0.3) is 0 Å².